The summed E-state index contributed by atoms with van der Waals surface area (Å²) >= 11 is 0. The van der Waals surface area contributed by atoms with Crippen LogP contribution >= 0.6 is 0 Å². The molecule has 6 nitrogen and oxygen atoms in total. The summed E-state index contributed by atoms with van der Waals surface area (Å²) in [5.74, 6) is -0.665. The Balaban J connectivity index is 2.76. The molecule has 1 amide bonds. The van der Waals surface area contributed by atoms with Gasteiger partial charge in [-0.25, -0.2) is 8.42 Å². The zero-order chi connectivity index (χ0) is 13.1. The molecule has 17 heavy (non-hydrogen) atoms. The first-order chi connectivity index (χ1) is 7.81. The van der Waals surface area contributed by atoms with Crippen molar-refractivity contribution in [3.05, 3.63) is 18.2 Å². The highest BCUT2D eigenvalue weighted by molar-refractivity contribution is 7.91. The van der Waals surface area contributed by atoms with Crippen LogP contribution in [0.2, 0.25) is 0 Å². The SMILES string of the molecule is COc1ccc(NC(=O)CS(C)(=O)=O)cc1N. The number of ether oxygens (including phenoxy) is 1. The molecule has 1 rings (SSSR count). The summed E-state index contributed by atoms with van der Waals surface area (Å²) in [6.07, 6.45) is 0.995. The lowest BCUT2D eigenvalue weighted by Gasteiger charge is -2.08. The molecule has 1 aromatic rings. The van der Waals surface area contributed by atoms with E-state index in [0.717, 1.165) is 6.26 Å². The Kier molecular flexibility index (Phi) is 3.95. The summed E-state index contributed by atoms with van der Waals surface area (Å²) < 4.78 is 26.7. The molecule has 3 N–H and O–H groups in total. The summed E-state index contributed by atoms with van der Waals surface area (Å²) in [7, 11) is -1.85. The number of nitrogens with one attached hydrogen (secondary N) is 1. The van der Waals surface area contributed by atoms with E-state index < -0.39 is 21.5 Å². The van der Waals surface area contributed by atoms with Gasteiger partial charge in [0.25, 0.3) is 0 Å². The second-order valence-electron chi connectivity index (χ2n) is 3.57. The molecule has 0 aliphatic carbocycles. The van der Waals surface area contributed by atoms with E-state index in [1.165, 1.54) is 13.2 Å². The van der Waals surface area contributed by atoms with E-state index in [1.54, 1.807) is 12.1 Å². The van der Waals surface area contributed by atoms with Crippen molar-refractivity contribution < 1.29 is 17.9 Å². The van der Waals surface area contributed by atoms with Crippen LogP contribution in [0.25, 0.3) is 0 Å². The predicted molar refractivity (Wildman–Crippen MR) is 65.7 cm³/mol. The number of carbonyl (C=O) groups excluding carboxylic acids is 1. The number of methoxy groups -OCH3 is 1. The number of anilines is 2. The molecule has 0 atom stereocenters. The fraction of sp³-hybridized carbons (Fsp3) is 0.300. The molecule has 0 aromatic heterocycles. The van der Waals surface area contributed by atoms with Gasteiger partial charge in [-0.2, -0.15) is 0 Å². The van der Waals surface area contributed by atoms with Crippen LogP contribution in [-0.2, 0) is 14.6 Å². The Hall–Kier alpha value is -1.76. The average Bonchev–Trinajstić information content (AvgIpc) is 2.14. The minimum absolute atomic E-state index is 0.365. The maximum Gasteiger partial charge on any atom is 0.239 e. The van der Waals surface area contributed by atoms with Crippen molar-refractivity contribution in [2.24, 2.45) is 0 Å². The molecule has 0 unspecified atom stereocenters. The minimum atomic E-state index is -3.33. The first kappa shape index (κ1) is 13.3. The van der Waals surface area contributed by atoms with E-state index in [9.17, 15) is 13.2 Å². The summed E-state index contributed by atoms with van der Waals surface area (Å²) in [6, 6.07) is 4.67. The average molecular weight is 258 g/mol. The zero-order valence-electron chi connectivity index (χ0n) is 9.56. The van der Waals surface area contributed by atoms with Gasteiger partial charge in [-0.05, 0) is 18.2 Å². The van der Waals surface area contributed by atoms with E-state index in [-0.39, 0.29) is 0 Å². The van der Waals surface area contributed by atoms with Crippen molar-refractivity contribution in [2.45, 2.75) is 0 Å². The molecule has 94 valence electrons. The van der Waals surface area contributed by atoms with Gasteiger partial charge in [-0.15, -0.1) is 0 Å². The van der Waals surface area contributed by atoms with Gasteiger partial charge >= 0.3 is 0 Å². The molecule has 0 heterocycles. The number of nitrogen functional groups attached to an aromatic ring is 1. The Labute approximate surface area is 99.7 Å². The highest BCUT2D eigenvalue weighted by atomic mass is 32.2. The molecule has 0 aliphatic rings. The van der Waals surface area contributed by atoms with Gasteiger partial charge in [0.15, 0.2) is 9.84 Å². The quantitative estimate of drug-likeness (QED) is 0.755. The van der Waals surface area contributed by atoms with Crippen LogP contribution in [0.15, 0.2) is 18.2 Å². The molecule has 0 aliphatic heterocycles. The highest BCUT2D eigenvalue weighted by Crippen LogP contribution is 2.24. The first-order valence-corrected chi connectivity index (χ1v) is 6.79. The predicted octanol–water partition coefficient (Wildman–Crippen LogP) is 0.260. The molecule has 0 saturated heterocycles. The number of rotatable bonds is 4. The number of hydrogen-bond donors (Lipinski definition) is 2. The van der Waals surface area contributed by atoms with Gasteiger partial charge in [0.05, 0.1) is 12.8 Å². The molecular weight excluding hydrogens is 244 g/mol. The number of carbonyl (C=O) groups is 1. The number of sulfone groups is 1. The van der Waals surface area contributed by atoms with E-state index in [1.807, 2.05) is 0 Å². The summed E-state index contributed by atoms with van der Waals surface area (Å²) in [5, 5.41) is 2.44. The Morgan fingerprint density at radius 3 is 2.59 bits per heavy atom. The second-order valence-corrected chi connectivity index (χ2v) is 5.72. The monoisotopic (exact) mass is 258 g/mol. The third-order valence-corrected chi connectivity index (χ3v) is 2.69. The fourth-order valence-corrected chi connectivity index (χ4v) is 1.80. The third-order valence-electron chi connectivity index (χ3n) is 1.91. The van der Waals surface area contributed by atoms with Crippen LogP contribution in [0.5, 0.6) is 5.75 Å². The lowest BCUT2D eigenvalue weighted by molar-refractivity contribution is -0.113. The van der Waals surface area contributed by atoms with Crippen LogP contribution in [0, 0.1) is 0 Å². The van der Waals surface area contributed by atoms with Crippen molar-refractivity contribution in [3.63, 3.8) is 0 Å². The number of hydrogen-bond acceptors (Lipinski definition) is 5. The Morgan fingerprint density at radius 2 is 2.12 bits per heavy atom. The van der Waals surface area contributed by atoms with Crippen molar-refractivity contribution in [1.82, 2.24) is 0 Å². The maximum absolute atomic E-state index is 11.3. The lowest BCUT2D eigenvalue weighted by atomic mass is 10.2. The number of amides is 1. The molecule has 0 bridgehead atoms. The van der Waals surface area contributed by atoms with Crippen LogP contribution in [0.3, 0.4) is 0 Å². The first-order valence-electron chi connectivity index (χ1n) is 4.73. The van der Waals surface area contributed by atoms with Crippen LogP contribution < -0.4 is 15.8 Å². The van der Waals surface area contributed by atoms with Gasteiger partial charge in [0.1, 0.15) is 11.5 Å². The summed E-state index contributed by atoms with van der Waals surface area (Å²) in [6.45, 7) is 0. The smallest absolute Gasteiger partial charge is 0.239 e. The van der Waals surface area contributed by atoms with E-state index >= 15 is 0 Å². The van der Waals surface area contributed by atoms with Gasteiger partial charge in [0.2, 0.25) is 5.91 Å². The third kappa shape index (κ3) is 4.31. The van der Waals surface area contributed by atoms with Crippen molar-refractivity contribution in [3.8, 4) is 5.75 Å². The zero-order valence-corrected chi connectivity index (χ0v) is 10.4. The number of benzene rings is 1. The molecule has 7 heteroatoms. The standard InChI is InChI=1S/C10H14N2O4S/c1-16-9-4-3-7(5-8(9)11)12-10(13)6-17(2,14)15/h3-5H,6,11H2,1-2H3,(H,12,13). The van der Waals surface area contributed by atoms with E-state index in [4.69, 9.17) is 10.5 Å². The number of nitrogens with two attached hydrogens (primary N) is 1. The highest BCUT2D eigenvalue weighted by Gasteiger charge is 2.11. The van der Waals surface area contributed by atoms with Gasteiger partial charge in [-0.1, -0.05) is 0 Å². The second kappa shape index (κ2) is 5.05. The van der Waals surface area contributed by atoms with E-state index in [2.05, 4.69) is 5.32 Å². The largest absolute Gasteiger partial charge is 0.495 e. The summed E-state index contributed by atoms with van der Waals surface area (Å²) in [5.41, 5.74) is 6.43. The maximum atomic E-state index is 11.3. The van der Waals surface area contributed by atoms with E-state index in [0.29, 0.717) is 17.1 Å². The normalized spacial score (nSPS) is 10.9. The summed E-state index contributed by atoms with van der Waals surface area (Å²) in [4.78, 5) is 11.3. The van der Waals surface area contributed by atoms with Gasteiger partial charge in [0, 0.05) is 11.9 Å². The Bertz CT molecular complexity index is 525. The van der Waals surface area contributed by atoms with Crippen LogP contribution in [-0.4, -0.2) is 33.4 Å². The molecular formula is C10H14N2O4S. The van der Waals surface area contributed by atoms with Crippen LogP contribution in [0.4, 0.5) is 11.4 Å². The topological polar surface area (TPSA) is 98.5 Å². The van der Waals surface area contributed by atoms with Crippen LogP contribution in [0.1, 0.15) is 0 Å². The van der Waals surface area contributed by atoms with Gasteiger partial charge in [-0.3, -0.25) is 4.79 Å². The van der Waals surface area contributed by atoms with Crippen molar-refractivity contribution in [2.75, 3.05) is 30.2 Å². The molecule has 0 saturated carbocycles. The molecule has 0 radical (unpaired) electrons. The fourth-order valence-electron chi connectivity index (χ4n) is 1.25. The lowest BCUT2D eigenvalue weighted by Crippen LogP contribution is -2.21. The molecule has 0 fully saturated rings. The molecule has 0 spiro atoms. The van der Waals surface area contributed by atoms with Crippen molar-refractivity contribution in [1.29, 1.82) is 0 Å². The van der Waals surface area contributed by atoms with Gasteiger partial charge < -0.3 is 15.8 Å². The molecule has 1 aromatic carbocycles. The minimum Gasteiger partial charge on any atom is -0.495 e. The van der Waals surface area contributed by atoms with Crippen molar-refractivity contribution >= 4 is 27.1 Å². The Morgan fingerprint density at radius 1 is 1.47 bits per heavy atom.